The number of rotatable bonds is 62. The monoisotopic (exact) mass is 1260 g/mol. The van der Waals surface area contributed by atoms with Crippen LogP contribution in [-0.2, 0) is 19.2 Å². The van der Waals surface area contributed by atoms with E-state index in [2.05, 4.69) is 52.2 Å². The number of hydrogen-bond donors (Lipinski definition) is 2. The highest BCUT2D eigenvalue weighted by atomic mass is 16.2. The van der Waals surface area contributed by atoms with Gasteiger partial charge in [0, 0.05) is 50.6 Å². The first-order valence-electron chi connectivity index (χ1n) is 41.6. The zero-order valence-corrected chi connectivity index (χ0v) is 61.7. The minimum absolute atomic E-state index is 0.0531. The summed E-state index contributed by atoms with van der Waals surface area (Å²) in [5, 5.41) is 6.83. The van der Waals surface area contributed by atoms with E-state index in [9.17, 15) is 19.2 Å². The van der Waals surface area contributed by atoms with Crippen LogP contribution < -0.4 is 10.6 Å². The van der Waals surface area contributed by atoms with Crippen LogP contribution in [-0.4, -0.2) is 35.5 Å². The second-order valence-corrected chi connectivity index (χ2v) is 32.1. The van der Waals surface area contributed by atoms with Gasteiger partial charge in [0.15, 0.2) is 0 Å². The van der Waals surface area contributed by atoms with Gasteiger partial charge in [-0.3, -0.25) is 19.2 Å². The molecule has 528 valence electrons. The Bertz CT molecular complexity index is 1550. The van der Waals surface area contributed by atoms with Gasteiger partial charge >= 0.3 is 0 Å². The number of Topliss-reactive ketones (excluding diaryl/α,β-unsaturated/α-hetero) is 2. The summed E-state index contributed by atoms with van der Waals surface area (Å²) < 4.78 is 0. The molecule has 3 aliphatic carbocycles. The number of amides is 2. The summed E-state index contributed by atoms with van der Waals surface area (Å²) in [6.07, 6.45) is 79.1. The van der Waals surface area contributed by atoms with E-state index in [-0.39, 0.29) is 23.9 Å². The third-order valence-corrected chi connectivity index (χ3v) is 22.8. The zero-order chi connectivity index (χ0) is 64.8. The Hall–Kier alpha value is -1.72. The van der Waals surface area contributed by atoms with E-state index in [0.717, 1.165) is 132 Å². The molecule has 0 bridgehead atoms. The lowest BCUT2D eigenvalue weighted by Gasteiger charge is -2.42. The van der Waals surface area contributed by atoms with Crippen LogP contribution in [0.15, 0.2) is 0 Å². The molecule has 0 saturated heterocycles. The average Bonchev–Trinajstić information content (AvgIpc) is 3.29. The van der Waals surface area contributed by atoms with E-state index in [1.54, 1.807) is 0 Å². The zero-order valence-electron chi connectivity index (χ0n) is 61.7. The minimum Gasteiger partial charge on any atom is -0.351 e. The molecule has 8 atom stereocenters. The molecule has 4 unspecified atom stereocenters. The summed E-state index contributed by atoms with van der Waals surface area (Å²) in [7, 11) is 0. The van der Waals surface area contributed by atoms with Crippen LogP contribution in [0.4, 0.5) is 0 Å². The number of carbonyl (C=O) groups is 4. The van der Waals surface area contributed by atoms with Crippen molar-refractivity contribution in [3.8, 4) is 0 Å². The van der Waals surface area contributed by atoms with Gasteiger partial charge in [0.2, 0.25) is 11.8 Å². The molecule has 0 radical (unpaired) electrons. The van der Waals surface area contributed by atoms with Crippen LogP contribution in [0.5, 0.6) is 0 Å². The Balaban J connectivity index is 1.42. The maximum Gasteiger partial charge on any atom is 0.220 e. The summed E-state index contributed by atoms with van der Waals surface area (Å²) in [5.74, 6) is 6.93. The summed E-state index contributed by atoms with van der Waals surface area (Å²) in [5.41, 5.74) is 0. The van der Waals surface area contributed by atoms with Crippen molar-refractivity contribution in [2.45, 2.75) is 465 Å². The quantitative estimate of drug-likeness (QED) is 0.0594. The molecule has 6 heteroatoms. The highest BCUT2D eigenvalue weighted by Crippen LogP contribution is 2.47. The smallest absolute Gasteiger partial charge is 0.220 e. The van der Waals surface area contributed by atoms with Gasteiger partial charge in [-0.25, -0.2) is 0 Å². The van der Waals surface area contributed by atoms with E-state index in [0.29, 0.717) is 49.1 Å². The Labute approximate surface area is 562 Å². The van der Waals surface area contributed by atoms with Crippen molar-refractivity contribution >= 4 is 23.4 Å². The molecule has 2 N–H and O–H groups in total. The second-order valence-electron chi connectivity index (χ2n) is 32.1. The molecular formula is C84H158N2O4. The van der Waals surface area contributed by atoms with Crippen molar-refractivity contribution in [3.63, 3.8) is 0 Å². The van der Waals surface area contributed by atoms with Crippen molar-refractivity contribution in [2.75, 3.05) is 0 Å². The maximum atomic E-state index is 13.8. The first-order chi connectivity index (χ1) is 44.0. The predicted molar refractivity (Wildman–Crippen MR) is 391 cm³/mol. The molecule has 90 heavy (non-hydrogen) atoms. The highest BCUT2D eigenvalue weighted by Gasteiger charge is 2.36. The third kappa shape index (κ3) is 44.9. The SMILES string of the molecule is CCCCCCCCC1CC(CCCCC(=O)C[C@@H]2CCCC[C@H]2CC(=O)CCCCCCCCCCCCCCCC(C)C)C(CCCCC(=O)N[C@H]2CCCC[C@@H]2NC(=O)CCCCCCCCCCCCCCCC(C)C)CC1CCCCCCCC. The van der Waals surface area contributed by atoms with Gasteiger partial charge in [0.1, 0.15) is 11.6 Å². The summed E-state index contributed by atoms with van der Waals surface area (Å²) >= 11 is 0. The topological polar surface area (TPSA) is 92.3 Å². The molecule has 3 aliphatic rings. The van der Waals surface area contributed by atoms with Crippen molar-refractivity contribution in [3.05, 3.63) is 0 Å². The lowest BCUT2D eigenvalue weighted by Crippen LogP contribution is -2.53. The predicted octanol–water partition coefficient (Wildman–Crippen LogP) is 26.2. The van der Waals surface area contributed by atoms with Gasteiger partial charge in [-0.05, 0) is 112 Å². The molecule has 2 amide bonds. The fourth-order valence-electron chi connectivity index (χ4n) is 17.0. The molecule has 0 spiro atoms. The van der Waals surface area contributed by atoms with Crippen LogP contribution >= 0.6 is 0 Å². The van der Waals surface area contributed by atoms with Gasteiger partial charge in [0.05, 0.1) is 0 Å². The van der Waals surface area contributed by atoms with Gasteiger partial charge in [-0.15, -0.1) is 0 Å². The molecule has 3 rings (SSSR count). The number of unbranched alkanes of at least 4 members (excludes halogenated alkanes) is 36. The van der Waals surface area contributed by atoms with Crippen molar-refractivity contribution in [1.29, 1.82) is 0 Å². The maximum absolute atomic E-state index is 13.8. The van der Waals surface area contributed by atoms with E-state index < -0.39 is 0 Å². The first-order valence-corrected chi connectivity index (χ1v) is 41.6. The second kappa shape index (κ2) is 57.5. The summed E-state index contributed by atoms with van der Waals surface area (Å²) in [4.78, 5) is 54.0. The molecule has 0 aliphatic heterocycles. The third-order valence-electron chi connectivity index (χ3n) is 22.8. The molecular weight excluding hydrogens is 1100 g/mol. The van der Waals surface area contributed by atoms with Crippen LogP contribution in [0.25, 0.3) is 0 Å². The molecule has 0 aromatic rings. The van der Waals surface area contributed by atoms with E-state index >= 15 is 0 Å². The van der Waals surface area contributed by atoms with E-state index in [1.165, 1.54) is 289 Å². The van der Waals surface area contributed by atoms with Crippen LogP contribution in [0.1, 0.15) is 452 Å². The molecule has 3 fully saturated rings. The highest BCUT2D eigenvalue weighted by molar-refractivity contribution is 5.80. The normalized spacial score (nSPS) is 21.3. The molecule has 3 saturated carbocycles. The number of nitrogens with one attached hydrogen (secondary N) is 2. The molecule has 6 nitrogen and oxygen atoms in total. The van der Waals surface area contributed by atoms with Crippen molar-refractivity contribution in [2.24, 2.45) is 47.3 Å². The van der Waals surface area contributed by atoms with Gasteiger partial charge in [0.25, 0.3) is 0 Å². The van der Waals surface area contributed by atoms with Gasteiger partial charge < -0.3 is 10.6 Å². The molecule has 0 heterocycles. The summed E-state index contributed by atoms with van der Waals surface area (Å²) in [6, 6.07) is 0.112. The fourth-order valence-corrected chi connectivity index (χ4v) is 17.0. The van der Waals surface area contributed by atoms with Gasteiger partial charge in [-0.1, -0.05) is 350 Å². The average molecular weight is 1260 g/mol. The van der Waals surface area contributed by atoms with E-state index in [4.69, 9.17) is 0 Å². The fraction of sp³-hybridized carbons (Fsp3) is 0.952. The van der Waals surface area contributed by atoms with Crippen LogP contribution in [0.3, 0.4) is 0 Å². The number of ketones is 2. The van der Waals surface area contributed by atoms with Crippen molar-refractivity contribution < 1.29 is 19.2 Å². The summed E-state index contributed by atoms with van der Waals surface area (Å²) in [6.45, 7) is 14.0. The lowest BCUT2D eigenvalue weighted by atomic mass is 9.63. The van der Waals surface area contributed by atoms with Crippen LogP contribution in [0, 0.1) is 47.3 Å². The Morgan fingerprint density at radius 2 is 0.533 bits per heavy atom. The standard InChI is InChI=1S/C84H158N2O4/c1-7-9-11-13-35-41-55-73-67-75(57-47-49-62-80(88)70-78-60-46-45-59-77(78)69-79(87)61-43-37-31-27-23-19-15-17-21-25-29-33-39-53-71(3)4)76(68-74(73)56-42-36-14-12-10-8-2)58-48-52-66-84(90)86-82-64-51-50-63-81(82)85-83(89)65-44-38-32-28-24-20-16-18-22-26-30-34-40-54-72(5)6/h71-78,81-82H,7-70H2,1-6H3,(H,85,89)(H,86,90)/t73?,74?,75?,76?,77-,78-,81-,82-/m0/s1. The first kappa shape index (κ1) is 82.5. The number of hydrogen-bond acceptors (Lipinski definition) is 4. The minimum atomic E-state index is 0.0531. The van der Waals surface area contributed by atoms with Crippen molar-refractivity contribution in [1.82, 2.24) is 10.6 Å². The number of carbonyl (C=O) groups excluding carboxylic acids is 4. The Morgan fingerprint density at radius 3 is 0.856 bits per heavy atom. The largest absolute Gasteiger partial charge is 0.351 e. The molecule has 0 aromatic carbocycles. The van der Waals surface area contributed by atoms with Gasteiger partial charge in [-0.2, -0.15) is 0 Å². The van der Waals surface area contributed by atoms with E-state index in [1.807, 2.05) is 0 Å². The Kier molecular flexibility index (Phi) is 52.7. The Morgan fingerprint density at radius 1 is 0.289 bits per heavy atom. The lowest BCUT2D eigenvalue weighted by molar-refractivity contribution is -0.125. The molecule has 0 aromatic heterocycles. The van der Waals surface area contributed by atoms with Crippen LogP contribution in [0.2, 0.25) is 0 Å².